The topological polar surface area (TPSA) is 75.5 Å². The molecule has 0 saturated heterocycles. The average molecular weight is 376 g/mol. The van der Waals surface area contributed by atoms with Gasteiger partial charge in [0.2, 0.25) is 5.91 Å². The van der Waals surface area contributed by atoms with Gasteiger partial charge in [0.05, 0.1) is 17.2 Å². The third kappa shape index (κ3) is 3.34. The summed E-state index contributed by atoms with van der Waals surface area (Å²) in [5, 5.41) is 13.5. The summed E-state index contributed by atoms with van der Waals surface area (Å²) in [6.45, 7) is 1.06. The van der Waals surface area contributed by atoms with Crippen LogP contribution in [0.15, 0.2) is 46.9 Å². The van der Waals surface area contributed by atoms with Crippen molar-refractivity contribution < 1.29 is 9.72 Å². The molecule has 2 aromatic rings. The standard InChI is InChI=1S/C16H14BrN3O3/c17-13-9-12(20(22)23)5-6-14(13)18-16(21)10-19-8-7-11-3-1-2-4-15(11)19/h1-6,9H,7-8,10H2,(H,18,21). The van der Waals surface area contributed by atoms with Crippen molar-refractivity contribution in [1.29, 1.82) is 0 Å². The van der Waals surface area contributed by atoms with Crippen LogP contribution in [0.4, 0.5) is 17.1 Å². The van der Waals surface area contributed by atoms with Gasteiger partial charge in [-0.2, -0.15) is 0 Å². The van der Waals surface area contributed by atoms with E-state index in [1.165, 1.54) is 23.8 Å². The van der Waals surface area contributed by atoms with Gasteiger partial charge in [-0.3, -0.25) is 14.9 Å². The van der Waals surface area contributed by atoms with Crippen molar-refractivity contribution >= 4 is 38.9 Å². The Morgan fingerprint density at radius 1 is 1.30 bits per heavy atom. The van der Waals surface area contributed by atoms with Crippen molar-refractivity contribution in [1.82, 2.24) is 0 Å². The van der Waals surface area contributed by atoms with E-state index in [1.54, 1.807) is 0 Å². The zero-order valence-electron chi connectivity index (χ0n) is 12.2. The number of amides is 1. The van der Waals surface area contributed by atoms with Crippen molar-refractivity contribution in [3.8, 4) is 0 Å². The number of rotatable bonds is 4. The molecule has 0 bridgehead atoms. The number of anilines is 2. The fourth-order valence-corrected chi connectivity index (χ4v) is 3.12. The summed E-state index contributed by atoms with van der Waals surface area (Å²) in [6.07, 6.45) is 0.935. The van der Waals surface area contributed by atoms with E-state index in [4.69, 9.17) is 0 Å². The molecule has 0 aliphatic carbocycles. The summed E-state index contributed by atoms with van der Waals surface area (Å²) in [5.74, 6) is -0.156. The summed E-state index contributed by atoms with van der Waals surface area (Å²) in [6, 6.07) is 12.3. The minimum atomic E-state index is -0.475. The van der Waals surface area contributed by atoms with Gasteiger partial charge in [0, 0.05) is 28.8 Å². The number of nitrogens with zero attached hydrogens (tertiary/aromatic N) is 2. The first-order chi connectivity index (χ1) is 11.0. The molecule has 1 aliphatic heterocycles. The molecule has 1 heterocycles. The number of fused-ring (bicyclic) bond motifs is 1. The number of nitrogens with one attached hydrogen (secondary N) is 1. The zero-order chi connectivity index (χ0) is 16.4. The largest absolute Gasteiger partial charge is 0.362 e. The lowest BCUT2D eigenvalue weighted by atomic mass is 10.2. The monoisotopic (exact) mass is 375 g/mol. The third-order valence-corrected chi connectivity index (χ3v) is 4.41. The van der Waals surface area contributed by atoms with Gasteiger partial charge in [0.15, 0.2) is 0 Å². The molecule has 1 amide bonds. The number of nitro groups is 1. The quantitative estimate of drug-likeness (QED) is 0.656. The lowest BCUT2D eigenvalue weighted by Gasteiger charge is -2.19. The second-order valence-electron chi connectivity index (χ2n) is 5.27. The number of carbonyl (C=O) groups is 1. The molecule has 3 rings (SSSR count). The van der Waals surface area contributed by atoms with Crippen LogP contribution in [0.1, 0.15) is 5.56 Å². The van der Waals surface area contributed by atoms with E-state index in [1.807, 2.05) is 23.1 Å². The molecular weight excluding hydrogens is 362 g/mol. The minimum Gasteiger partial charge on any atom is -0.362 e. The Hall–Kier alpha value is -2.41. The number of hydrogen-bond acceptors (Lipinski definition) is 4. The fourth-order valence-electron chi connectivity index (χ4n) is 2.65. The summed E-state index contributed by atoms with van der Waals surface area (Å²) >= 11 is 3.25. The molecule has 0 aromatic heterocycles. The van der Waals surface area contributed by atoms with E-state index in [2.05, 4.69) is 27.3 Å². The lowest BCUT2D eigenvalue weighted by molar-refractivity contribution is -0.384. The van der Waals surface area contributed by atoms with Crippen LogP contribution in [0.25, 0.3) is 0 Å². The highest BCUT2D eigenvalue weighted by atomic mass is 79.9. The van der Waals surface area contributed by atoms with Crippen LogP contribution in [-0.4, -0.2) is 23.9 Å². The van der Waals surface area contributed by atoms with Crippen LogP contribution in [0.2, 0.25) is 0 Å². The van der Waals surface area contributed by atoms with Crippen molar-refractivity contribution in [3.05, 3.63) is 62.6 Å². The van der Waals surface area contributed by atoms with Gasteiger partial charge in [-0.05, 0) is 40.0 Å². The van der Waals surface area contributed by atoms with Crippen LogP contribution < -0.4 is 10.2 Å². The molecule has 1 aliphatic rings. The highest BCUT2D eigenvalue weighted by molar-refractivity contribution is 9.10. The maximum atomic E-state index is 12.2. The number of hydrogen-bond donors (Lipinski definition) is 1. The van der Waals surface area contributed by atoms with Crippen LogP contribution in [0.5, 0.6) is 0 Å². The first-order valence-electron chi connectivity index (χ1n) is 7.11. The molecule has 0 fully saturated rings. The van der Waals surface area contributed by atoms with Crippen molar-refractivity contribution in [3.63, 3.8) is 0 Å². The summed E-state index contributed by atoms with van der Waals surface area (Å²) in [7, 11) is 0. The molecule has 0 spiro atoms. The fraction of sp³-hybridized carbons (Fsp3) is 0.188. The molecule has 7 heteroatoms. The highest BCUT2D eigenvalue weighted by Crippen LogP contribution is 2.29. The minimum absolute atomic E-state index is 0.0247. The van der Waals surface area contributed by atoms with Crippen molar-refractivity contribution in [2.45, 2.75) is 6.42 Å². The van der Waals surface area contributed by atoms with Crippen molar-refractivity contribution in [2.75, 3.05) is 23.3 Å². The van der Waals surface area contributed by atoms with E-state index in [0.717, 1.165) is 18.7 Å². The van der Waals surface area contributed by atoms with Crippen LogP contribution >= 0.6 is 15.9 Å². The number of nitro benzene ring substituents is 1. The van der Waals surface area contributed by atoms with Crippen LogP contribution in [-0.2, 0) is 11.2 Å². The van der Waals surface area contributed by atoms with E-state index < -0.39 is 4.92 Å². The SMILES string of the molecule is O=C(CN1CCc2ccccc21)Nc1ccc([N+](=O)[O-])cc1Br. The molecule has 0 unspecified atom stereocenters. The molecular formula is C16H14BrN3O3. The van der Waals surface area contributed by atoms with E-state index in [9.17, 15) is 14.9 Å². The second-order valence-corrected chi connectivity index (χ2v) is 6.12. The smallest absolute Gasteiger partial charge is 0.270 e. The summed E-state index contributed by atoms with van der Waals surface area (Å²) in [4.78, 5) is 24.5. The van der Waals surface area contributed by atoms with Crippen LogP contribution in [0.3, 0.4) is 0 Å². The summed E-state index contributed by atoms with van der Waals surface area (Å²) in [5.41, 5.74) is 2.83. The number of carbonyl (C=O) groups excluding carboxylic acids is 1. The maximum Gasteiger partial charge on any atom is 0.270 e. The first kappa shape index (κ1) is 15.5. The Bertz CT molecular complexity index is 779. The molecule has 2 aromatic carbocycles. The van der Waals surface area contributed by atoms with Crippen molar-refractivity contribution in [2.24, 2.45) is 0 Å². The Morgan fingerprint density at radius 3 is 2.83 bits per heavy atom. The van der Waals surface area contributed by atoms with Gasteiger partial charge in [0.25, 0.3) is 5.69 Å². The maximum absolute atomic E-state index is 12.2. The molecule has 1 N–H and O–H groups in total. The highest BCUT2D eigenvalue weighted by Gasteiger charge is 2.21. The van der Waals surface area contributed by atoms with Gasteiger partial charge in [0.1, 0.15) is 0 Å². The van der Waals surface area contributed by atoms with E-state index in [0.29, 0.717) is 10.2 Å². The molecule has 23 heavy (non-hydrogen) atoms. The van der Waals surface area contributed by atoms with Gasteiger partial charge < -0.3 is 10.2 Å². The Labute approximate surface area is 141 Å². The van der Waals surface area contributed by atoms with E-state index in [-0.39, 0.29) is 18.1 Å². The molecule has 0 saturated carbocycles. The van der Waals surface area contributed by atoms with E-state index >= 15 is 0 Å². The first-order valence-corrected chi connectivity index (χ1v) is 7.90. The second kappa shape index (κ2) is 6.37. The molecule has 0 atom stereocenters. The lowest BCUT2D eigenvalue weighted by Crippen LogP contribution is -2.31. The summed E-state index contributed by atoms with van der Waals surface area (Å²) < 4.78 is 0.488. The Kier molecular flexibility index (Phi) is 4.29. The normalized spacial score (nSPS) is 12.8. The average Bonchev–Trinajstić information content (AvgIpc) is 2.92. The number of benzene rings is 2. The van der Waals surface area contributed by atoms with Gasteiger partial charge in [-0.25, -0.2) is 0 Å². The molecule has 6 nitrogen and oxygen atoms in total. The third-order valence-electron chi connectivity index (χ3n) is 3.76. The molecule has 0 radical (unpaired) electrons. The van der Waals surface area contributed by atoms with Gasteiger partial charge in [-0.15, -0.1) is 0 Å². The van der Waals surface area contributed by atoms with Gasteiger partial charge in [-0.1, -0.05) is 18.2 Å². The Morgan fingerprint density at radius 2 is 2.09 bits per heavy atom. The predicted molar refractivity (Wildman–Crippen MR) is 91.8 cm³/mol. The van der Waals surface area contributed by atoms with Gasteiger partial charge >= 0.3 is 0 Å². The Balaban J connectivity index is 1.68. The number of para-hydroxylation sites is 1. The number of non-ortho nitro benzene ring substituents is 1. The number of halogens is 1. The zero-order valence-corrected chi connectivity index (χ0v) is 13.7. The molecule has 118 valence electrons. The predicted octanol–water partition coefficient (Wildman–Crippen LogP) is 3.36. The van der Waals surface area contributed by atoms with Crippen LogP contribution in [0, 0.1) is 10.1 Å².